The van der Waals surface area contributed by atoms with Crippen molar-refractivity contribution < 1.29 is 24.5 Å². The highest BCUT2D eigenvalue weighted by Crippen LogP contribution is 2.33. The molecule has 0 aliphatic heterocycles. The van der Waals surface area contributed by atoms with Gasteiger partial charge in [0.2, 0.25) is 0 Å². The van der Waals surface area contributed by atoms with Crippen molar-refractivity contribution in [1.29, 1.82) is 0 Å². The van der Waals surface area contributed by atoms with Crippen LogP contribution in [0.2, 0.25) is 5.02 Å². The summed E-state index contributed by atoms with van der Waals surface area (Å²) in [6.45, 7) is -0.217. The lowest BCUT2D eigenvalue weighted by molar-refractivity contribution is -0.123. The average Bonchev–Trinajstić information content (AvgIpc) is 2.58. The van der Waals surface area contributed by atoms with E-state index in [1.807, 2.05) is 0 Å². The maximum Gasteiger partial charge on any atom is 0.277 e. The third-order valence-corrected chi connectivity index (χ3v) is 3.19. The Bertz CT molecular complexity index is 724. The summed E-state index contributed by atoms with van der Waals surface area (Å²) in [5, 5.41) is 22.5. The molecule has 0 fully saturated rings. The van der Waals surface area contributed by atoms with Crippen molar-refractivity contribution in [2.45, 2.75) is 0 Å². The zero-order chi connectivity index (χ0) is 17.5. The molecule has 0 aliphatic carbocycles. The molecule has 2 aromatic rings. The molecule has 0 heterocycles. The smallest absolute Gasteiger partial charge is 0.277 e. The zero-order valence-electron chi connectivity index (χ0n) is 12.7. The lowest BCUT2D eigenvalue weighted by Crippen LogP contribution is -2.24. The van der Waals surface area contributed by atoms with Gasteiger partial charge in [-0.1, -0.05) is 11.6 Å². The molecule has 0 saturated heterocycles. The molecule has 0 aromatic heterocycles. The van der Waals surface area contributed by atoms with Crippen molar-refractivity contribution in [3.05, 3.63) is 47.0 Å². The number of halogens is 1. The van der Waals surface area contributed by atoms with Crippen LogP contribution in [0.3, 0.4) is 0 Å². The van der Waals surface area contributed by atoms with Crippen LogP contribution in [0, 0.1) is 0 Å². The van der Waals surface area contributed by atoms with Crippen LogP contribution in [0.1, 0.15) is 5.56 Å². The van der Waals surface area contributed by atoms with Gasteiger partial charge in [0.1, 0.15) is 11.5 Å². The number of rotatable bonds is 6. The van der Waals surface area contributed by atoms with Gasteiger partial charge in [-0.05, 0) is 42.0 Å². The Morgan fingerprint density at radius 1 is 1.25 bits per heavy atom. The topological polar surface area (TPSA) is 100 Å². The first-order valence-electron chi connectivity index (χ1n) is 6.80. The van der Waals surface area contributed by atoms with Crippen molar-refractivity contribution in [2.24, 2.45) is 5.10 Å². The summed E-state index contributed by atoms with van der Waals surface area (Å²) in [7, 11) is 1.56. The SMILES string of the molecule is COc1ccc(OCC(=O)N/N=C/c2cc(O)c(O)c(Cl)c2)cc1. The molecule has 0 aliphatic rings. The minimum absolute atomic E-state index is 0.0226. The highest BCUT2D eigenvalue weighted by molar-refractivity contribution is 6.32. The molecule has 8 heteroatoms. The van der Waals surface area contributed by atoms with Gasteiger partial charge >= 0.3 is 0 Å². The number of amides is 1. The summed E-state index contributed by atoms with van der Waals surface area (Å²) in [4.78, 5) is 11.6. The largest absolute Gasteiger partial charge is 0.504 e. The van der Waals surface area contributed by atoms with E-state index in [9.17, 15) is 15.0 Å². The molecule has 3 N–H and O–H groups in total. The molecular formula is C16H15ClN2O5. The number of benzene rings is 2. The van der Waals surface area contributed by atoms with Crippen LogP contribution < -0.4 is 14.9 Å². The van der Waals surface area contributed by atoms with Crippen LogP contribution in [0.25, 0.3) is 0 Å². The number of aromatic hydroxyl groups is 2. The molecule has 0 spiro atoms. The fraction of sp³-hybridized carbons (Fsp3) is 0.125. The third-order valence-electron chi connectivity index (χ3n) is 2.90. The van der Waals surface area contributed by atoms with E-state index in [2.05, 4.69) is 10.5 Å². The number of nitrogens with one attached hydrogen (secondary N) is 1. The van der Waals surface area contributed by atoms with Crippen LogP contribution in [-0.2, 0) is 4.79 Å². The Kier molecular flexibility index (Phi) is 5.86. The number of carbonyl (C=O) groups is 1. The number of ether oxygens (including phenoxy) is 2. The average molecular weight is 351 g/mol. The van der Waals surface area contributed by atoms with Crippen molar-refractivity contribution in [3.8, 4) is 23.0 Å². The first kappa shape index (κ1) is 17.4. The van der Waals surface area contributed by atoms with E-state index in [4.69, 9.17) is 21.1 Å². The van der Waals surface area contributed by atoms with Gasteiger partial charge in [0.25, 0.3) is 5.91 Å². The Labute approximate surface area is 143 Å². The molecule has 7 nitrogen and oxygen atoms in total. The molecule has 0 saturated carbocycles. The Balaban J connectivity index is 1.84. The molecule has 24 heavy (non-hydrogen) atoms. The van der Waals surface area contributed by atoms with Crippen molar-refractivity contribution in [3.63, 3.8) is 0 Å². The summed E-state index contributed by atoms with van der Waals surface area (Å²) in [6.07, 6.45) is 1.27. The predicted molar refractivity (Wildman–Crippen MR) is 89.0 cm³/mol. The van der Waals surface area contributed by atoms with E-state index in [0.29, 0.717) is 17.1 Å². The maximum atomic E-state index is 11.6. The summed E-state index contributed by atoms with van der Waals surface area (Å²) in [6, 6.07) is 9.43. The van der Waals surface area contributed by atoms with Crippen molar-refractivity contribution >= 4 is 23.7 Å². The van der Waals surface area contributed by atoms with E-state index >= 15 is 0 Å². The minimum atomic E-state index is -0.462. The summed E-state index contributed by atoms with van der Waals surface area (Å²) >= 11 is 5.71. The molecule has 2 rings (SSSR count). The normalized spacial score (nSPS) is 10.6. The first-order valence-corrected chi connectivity index (χ1v) is 7.17. The fourth-order valence-electron chi connectivity index (χ4n) is 1.71. The van der Waals surface area contributed by atoms with Crippen LogP contribution in [0.15, 0.2) is 41.5 Å². The van der Waals surface area contributed by atoms with E-state index in [1.54, 1.807) is 31.4 Å². The van der Waals surface area contributed by atoms with Crippen LogP contribution in [-0.4, -0.2) is 36.1 Å². The quantitative estimate of drug-likeness (QED) is 0.421. The predicted octanol–water partition coefficient (Wildman–Crippen LogP) is 2.29. The summed E-state index contributed by atoms with van der Waals surface area (Å²) < 4.78 is 10.3. The zero-order valence-corrected chi connectivity index (χ0v) is 13.4. The summed E-state index contributed by atoms with van der Waals surface area (Å²) in [5.41, 5.74) is 2.68. The Morgan fingerprint density at radius 2 is 1.92 bits per heavy atom. The van der Waals surface area contributed by atoms with Crippen LogP contribution >= 0.6 is 11.6 Å². The number of phenols is 2. The van der Waals surface area contributed by atoms with E-state index < -0.39 is 11.7 Å². The molecule has 2 aromatic carbocycles. The summed E-state index contributed by atoms with van der Waals surface area (Å²) in [5.74, 6) is -0.0441. The monoisotopic (exact) mass is 350 g/mol. The number of nitrogens with zero attached hydrogens (tertiary/aromatic N) is 1. The van der Waals surface area contributed by atoms with Crippen LogP contribution in [0.5, 0.6) is 23.0 Å². The van der Waals surface area contributed by atoms with Crippen molar-refractivity contribution in [1.82, 2.24) is 5.43 Å². The second-order valence-electron chi connectivity index (χ2n) is 4.63. The molecule has 0 bridgehead atoms. The second-order valence-corrected chi connectivity index (χ2v) is 5.04. The number of carbonyl (C=O) groups excluding carboxylic acids is 1. The highest BCUT2D eigenvalue weighted by Gasteiger charge is 2.06. The lowest BCUT2D eigenvalue weighted by Gasteiger charge is -2.06. The molecule has 1 amide bonds. The van der Waals surface area contributed by atoms with E-state index in [1.165, 1.54) is 18.3 Å². The molecule has 0 unspecified atom stereocenters. The Morgan fingerprint density at radius 3 is 2.54 bits per heavy atom. The molecular weight excluding hydrogens is 336 g/mol. The molecule has 0 atom stereocenters. The standard InChI is InChI=1S/C16H15ClN2O5/c1-23-11-2-4-12(5-3-11)24-9-15(21)19-18-8-10-6-13(17)16(22)14(20)7-10/h2-8,20,22H,9H2,1H3,(H,19,21)/b18-8+. The number of hydrazone groups is 1. The van der Waals surface area contributed by atoms with Gasteiger partial charge in [-0.3, -0.25) is 4.79 Å². The van der Waals surface area contributed by atoms with E-state index in [0.717, 1.165) is 0 Å². The third kappa shape index (κ3) is 4.79. The minimum Gasteiger partial charge on any atom is -0.504 e. The number of hydrogen-bond donors (Lipinski definition) is 3. The van der Waals surface area contributed by atoms with Gasteiger partial charge in [-0.15, -0.1) is 0 Å². The van der Waals surface area contributed by atoms with Gasteiger partial charge in [0, 0.05) is 0 Å². The van der Waals surface area contributed by atoms with Gasteiger partial charge in [0.05, 0.1) is 18.3 Å². The van der Waals surface area contributed by atoms with E-state index in [-0.39, 0.29) is 17.4 Å². The van der Waals surface area contributed by atoms with Crippen LogP contribution in [0.4, 0.5) is 0 Å². The van der Waals surface area contributed by atoms with Gasteiger partial charge in [-0.2, -0.15) is 5.10 Å². The van der Waals surface area contributed by atoms with Crippen molar-refractivity contribution in [2.75, 3.05) is 13.7 Å². The number of phenolic OH excluding ortho intramolecular Hbond substituents is 2. The first-order chi connectivity index (χ1) is 11.5. The number of hydrogen-bond acceptors (Lipinski definition) is 6. The number of methoxy groups -OCH3 is 1. The second kappa shape index (κ2) is 8.07. The highest BCUT2D eigenvalue weighted by atomic mass is 35.5. The molecule has 0 radical (unpaired) electrons. The van der Waals surface area contributed by atoms with Gasteiger partial charge < -0.3 is 19.7 Å². The fourth-order valence-corrected chi connectivity index (χ4v) is 1.93. The Hall–Kier alpha value is -2.93. The molecule has 126 valence electrons. The van der Waals surface area contributed by atoms with Gasteiger partial charge in [-0.25, -0.2) is 5.43 Å². The van der Waals surface area contributed by atoms with Gasteiger partial charge in [0.15, 0.2) is 18.1 Å². The lowest BCUT2D eigenvalue weighted by atomic mass is 10.2. The maximum absolute atomic E-state index is 11.6.